The summed E-state index contributed by atoms with van der Waals surface area (Å²) in [4.78, 5) is 17.1. The molecule has 0 saturated carbocycles. The van der Waals surface area contributed by atoms with Crippen molar-refractivity contribution in [1.29, 1.82) is 0 Å². The summed E-state index contributed by atoms with van der Waals surface area (Å²) in [6.07, 6.45) is 0.881. The number of carbonyl (C=O) groups excluding carboxylic acids is 1. The molecule has 3 nitrogen and oxygen atoms in total. The Morgan fingerprint density at radius 3 is 2.48 bits per heavy atom. The average Bonchev–Trinajstić information content (AvgIpc) is 2.96. The number of fused-ring (bicyclic) bond motifs is 1. The van der Waals surface area contributed by atoms with E-state index < -0.39 is 0 Å². The summed E-state index contributed by atoms with van der Waals surface area (Å²) < 4.78 is 1.96. The van der Waals surface area contributed by atoms with E-state index in [4.69, 9.17) is 11.6 Å². The maximum Gasteiger partial charge on any atom is 0.195 e. The van der Waals surface area contributed by atoms with Crippen LogP contribution in [0.25, 0.3) is 16.2 Å². The standard InChI is InChI=1S/C16H15ClN2OS/c1-16(2,3)13-9-21-15-18-14(12(8-20)19(13)15)10-4-6-11(17)7-5-10/h4-9H,1-3H3. The van der Waals surface area contributed by atoms with Crippen LogP contribution in [0.2, 0.25) is 5.02 Å². The average molecular weight is 319 g/mol. The first-order valence-corrected chi connectivity index (χ1v) is 7.89. The third-order valence-electron chi connectivity index (χ3n) is 3.40. The molecule has 0 spiro atoms. The van der Waals surface area contributed by atoms with Gasteiger partial charge in [0.15, 0.2) is 11.2 Å². The van der Waals surface area contributed by atoms with Gasteiger partial charge in [-0.2, -0.15) is 0 Å². The summed E-state index contributed by atoms with van der Waals surface area (Å²) in [5.41, 5.74) is 3.25. The molecule has 0 radical (unpaired) electrons. The van der Waals surface area contributed by atoms with Gasteiger partial charge in [-0.25, -0.2) is 4.98 Å². The van der Waals surface area contributed by atoms with Crippen molar-refractivity contribution < 1.29 is 4.79 Å². The van der Waals surface area contributed by atoms with Gasteiger partial charge in [0.2, 0.25) is 0 Å². The van der Waals surface area contributed by atoms with Gasteiger partial charge in [0.25, 0.3) is 0 Å². The molecule has 108 valence electrons. The van der Waals surface area contributed by atoms with Crippen LogP contribution in [0.1, 0.15) is 37.0 Å². The van der Waals surface area contributed by atoms with Crippen molar-refractivity contribution >= 4 is 34.2 Å². The molecule has 0 fully saturated rings. The van der Waals surface area contributed by atoms with Gasteiger partial charge in [-0.3, -0.25) is 9.20 Å². The van der Waals surface area contributed by atoms with Crippen LogP contribution in [0.15, 0.2) is 29.6 Å². The van der Waals surface area contributed by atoms with E-state index in [0.29, 0.717) is 16.4 Å². The van der Waals surface area contributed by atoms with Gasteiger partial charge in [0.1, 0.15) is 11.4 Å². The number of halogens is 1. The predicted molar refractivity (Wildman–Crippen MR) is 87.6 cm³/mol. The quantitative estimate of drug-likeness (QED) is 0.634. The highest BCUT2D eigenvalue weighted by atomic mass is 35.5. The Morgan fingerprint density at radius 2 is 1.90 bits per heavy atom. The molecule has 0 saturated heterocycles. The van der Waals surface area contributed by atoms with Crippen LogP contribution in [0.4, 0.5) is 0 Å². The first-order chi connectivity index (χ1) is 9.91. The van der Waals surface area contributed by atoms with Crippen LogP contribution in [0.5, 0.6) is 0 Å². The maximum atomic E-state index is 11.6. The van der Waals surface area contributed by atoms with Gasteiger partial charge in [-0.15, -0.1) is 11.3 Å². The highest BCUT2D eigenvalue weighted by Gasteiger charge is 2.24. The van der Waals surface area contributed by atoms with E-state index in [0.717, 1.165) is 22.5 Å². The van der Waals surface area contributed by atoms with Gasteiger partial charge in [0.05, 0.1) is 0 Å². The van der Waals surface area contributed by atoms with Crippen LogP contribution in [0, 0.1) is 0 Å². The molecular weight excluding hydrogens is 304 g/mol. The second-order valence-corrected chi connectivity index (χ2v) is 7.23. The highest BCUT2D eigenvalue weighted by molar-refractivity contribution is 7.15. The van der Waals surface area contributed by atoms with Crippen molar-refractivity contribution in [3.05, 3.63) is 46.1 Å². The van der Waals surface area contributed by atoms with Crippen molar-refractivity contribution in [2.24, 2.45) is 0 Å². The number of rotatable bonds is 2. The molecule has 0 amide bonds. The van der Waals surface area contributed by atoms with Gasteiger partial charge in [-0.1, -0.05) is 44.5 Å². The van der Waals surface area contributed by atoms with Crippen molar-refractivity contribution in [2.45, 2.75) is 26.2 Å². The van der Waals surface area contributed by atoms with Crippen LogP contribution < -0.4 is 0 Å². The molecule has 5 heteroatoms. The van der Waals surface area contributed by atoms with Crippen LogP contribution in [-0.4, -0.2) is 15.7 Å². The van der Waals surface area contributed by atoms with Crippen LogP contribution >= 0.6 is 22.9 Å². The number of nitrogens with zero attached hydrogens (tertiary/aromatic N) is 2. The number of aromatic nitrogens is 2. The van der Waals surface area contributed by atoms with Gasteiger partial charge in [0, 0.05) is 27.1 Å². The summed E-state index contributed by atoms with van der Waals surface area (Å²) in [7, 11) is 0. The minimum atomic E-state index is -0.0476. The Morgan fingerprint density at radius 1 is 1.24 bits per heavy atom. The fourth-order valence-electron chi connectivity index (χ4n) is 2.33. The van der Waals surface area contributed by atoms with E-state index in [-0.39, 0.29) is 5.41 Å². The van der Waals surface area contributed by atoms with Crippen molar-refractivity contribution in [3.8, 4) is 11.3 Å². The van der Waals surface area contributed by atoms with E-state index in [1.807, 2.05) is 28.7 Å². The van der Waals surface area contributed by atoms with E-state index in [2.05, 4.69) is 31.1 Å². The largest absolute Gasteiger partial charge is 0.296 e. The summed E-state index contributed by atoms with van der Waals surface area (Å²) in [5.74, 6) is 0. The molecule has 0 unspecified atom stereocenters. The van der Waals surface area contributed by atoms with E-state index >= 15 is 0 Å². The zero-order valence-corrected chi connectivity index (χ0v) is 13.6. The van der Waals surface area contributed by atoms with Gasteiger partial charge in [-0.05, 0) is 12.1 Å². The predicted octanol–water partition coefficient (Wildman–Crippen LogP) is 4.83. The van der Waals surface area contributed by atoms with Crippen LogP contribution in [0.3, 0.4) is 0 Å². The number of hydrogen-bond acceptors (Lipinski definition) is 3. The Hall–Kier alpha value is -1.65. The number of benzene rings is 1. The molecule has 2 aromatic heterocycles. The monoisotopic (exact) mass is 318 g/mol. The third-order valence-corrected chi connectivity index (χ3v) is 4.47. The molecule has 3 aromatic rings. The molecule has 0 aliphatic carbocycles. The minimum absolute atomic E-state index is 0.0476. The van der Waals surface area contributed by atoms with Gasteiger partial charge >= 0.3 is 0 Å². The maximum absolute atomic E-state index is 11.6. The lowest BCUT2D eigenvalue weighted by atomic mass is 9.93. The molecule has 2 heterocycles. The normalized spacial score (nSPS) is 12.0. The molecule has 0 atom stereocenters. The number of carbonyl (C=O) groups is 1. The van der Waals surface area contributed by atoms with Gasteiger partial charge < -0.3 is 0 Å². The number of hydrogen-bond donors (Lipinski definition) is 0. The zero-order chi connectivity index (χ0) is 15.2. The number of thiazole rings is 1. The smallest absolute Gasteiger partial charge is 0.195 e. The first kappa shape index (κ1) is 14.3. The Labute approximate surface area is 132 Å². The molecule has 0 aliphatic rings. The summed E-state index contributed by atoms with van der Waals surface area (Å²) in [5, 5.41) is 2.74. The fraction of sp³-hybridized carbons (Fsp3) is 0.250. The van der Waals surface area contributed by atoms with Crippen molar-refractivity contribution in [3.63, 3.8) is 0 Å². The molecular formula is C16H15ClN2OS. The molecule has 3 rings (SSSR count). The number of aldehydes is 1. The van der Waals surface area contributed by atoms with E-state index in [1.54, 1.807) is 11.3 Å². The Bertz CT molecular complexity index is 809. The molecule has 0 bridgehead atoms. The Kier molecular flexibility index (Phi) is 3.38. The lowest BCUT2D eigenvalue weighted by Gasteiger charge is -2.17. The van der Waals surface area contributed by atoms with E-state index in [9.17, 15) is 4.79 Å². The SMILES string of the molecule is CC(C)(C)c1csc2nc(-c3ccc(Cl)cc3)c(C=O)n12. The third kappa shape index (κ3) is 2.39. The Balaban J connectivity index is 2.28. The lowest BCUT2D eigenvalue weighted by molar-refractivity contribution is 0.111. The van der Waals surface area contributed by atoms with Crippen LogP contribution in [-0.2, 0) is 5.41 Å². The topological polar surface area (TPSA) is 34.4 Å². The second kappa shape index (κ2) is 4.97. The highest BCUT2D eigenvalue weighted by Crippen LogP contribution is 2.33. The molecule has 0 N–H and O–H groups in total. The zero-order valence-electron chi connectivity index (χ0n) is 12.1. The van der Waals surface area contributed by atoms with Crippen molar-refractivity contribution in [2.75, 3.05) is 0 Å². The molecule has 1 aromatic carbocycles. The lowest BCUT2D eigenvalue weighted by Crippen LogP contribution is -2.15. The summed E-state index contributed by atoms with van der Waals surface area (Å²) in [6, 6.07) is 7.39. The fourth-order valence-corrected chi connectivity index (χ4v) is 3.57. The molecule has 21 heavy (non-hydrogen) atoms. The number of imidazole rings is 1. The summed E-state index contributed by atoms with van der Waals surface area (Å²) >= 11 is 7.48. The second-order valence-electron chi connectivity index (χ2n) is 5.96. The minimum Gasteiger partial charge on any atom is -0.296 e. The first-order valence-electron chi connectivity index (χ1n) is 6.63. The van der Waals surface area contributed by atoms with E-state index in [1.165, 1.54) is 0 Å². The van der Waals surface area contributed by atoms with Crippen molar-refractivity contribution in [1.82, 2.24) is 9.38 Å². The summed E-state index contributed by atoms with van der Waals surface area (Å²) in [6.45, 7) is 6.39. The molecule has 0 aliphatic heterocycles.